The number of hydrazone groups is 1. The molecule has 2 aromatic carbocycles. The molecule has 110 valence electrons. The minimum Gasteiger partial charge on any atom is -0.304 e. The topological polar surface area (TPSA) is 31.7 Å². The van der Waals surface area contributed by atoms with Gasteiger partial charge in [0.15, 0.2) is 5.84 Å². The molecule has 4 heteroatoms. The molecule has 0 atom stereocenters. The van der Waals surface area contributed by atoms with Gasteiger partial charge in [-0.05, 0) is 23.8 Å². The smallest absolute Gasteiger partial charge is 0.163 e. The van der Waals surface area contributed by atoms with Crippen molar-refractivity contribution in [1.82, 2.24) is 4.98 Å². The average molecular weight is 298 g/mol. The summed E-state index contributed by atoms with van der Waals surface area (Å²) in [5.74, 6) is 1.00. The highest BCUT2D eigenvalue weighted by Gasteiger charge is 2.33. The number of hydrogen-bond donors (Lipinski definition) is 0. The first-order chi connectivity index (χ1) is 11.4. The van der Waals surface area contributed by atoms with Crippen molar-refractivity contribution in [1.29, 1.82) is 0 Å². The van der Waals surface area contributed by atoms with E-state index in [0.29, 0.717) is 6.67 Å². The molecule has 0 amide bonds. The van der Waals surface area contributed by atoms with Crippen LogP contribution >= 0.6 is 0 Å². The molecule has 23 heavy (non-hydrogen) atoms. The fourth-order valence-corrected chi connectivity index (χ4v) is 3.29. The molecule has 5 rings (SSSR count). The number of nitrogens with zero attached hydrogens (tertiary/aromatic N) is 4. The van der Waals surface area contributed by atoms with E-state index in [2.05, 4.69) is 58.4 Å². The van der Waals surface area contributed by atoms with Gasteiger partial charge in [-0.1, -0.05) is 42.5 Å². The Hall–Kier alpha value is -3.14. The Balaban J connectivity index is 1.71. The van der Waals surface area contributed by atoms with Crippen molar-refractivity contribution in [2.75, 3.05) is 16.6 Å². The quantitative estimate of drug-likeness (QED) is 0.686. The van der Waals surface area contributed by atoms with Gasteiger partial charge in [-0.25, -0.2) is 5.01 Å². The highest BCUT2D eigenvalue weighted by Crippen LogP contribution is 2.41. The van der Waals surface area contributed by atoms with E-state index < -0.39 is 0 Å². The number of pyridine rings is 1. The van der Waals surface area contributed by atoms with E-state index in [4.69, 9.17) is 5.10 Å². The first-order valence-electron chi connectivity index (χ1n) is 7.64. The van der Waals surface area contributed by atoms with Crippen LogP contribution in [0.4, 0.5) is 11.4 Å². The van der Waals surface area contributed by atoms with Crippen molar-refractivity contribution in [2.45, 2.75) is 0 Å². The van der Waals surface area contributed by atoms with Gasteiger partial charge in [0.1, 0.15) is 6.67 Å². The van der Waals surface area contributed by atoms with Gasteiger partial charge in [-0.2, -0.15) is 5.10 Å². The molecular weight excluding hydrogens is 284 g/mol. The number of benzene rings is 2. The summed E-state index contributed by atoms with van der Waals surface area (Å²) in [6.45, 7) is 0.701. The standard InChI is InChI=1S/C19H14N4/c1-2-9-17-15(7-1)16-8-3-4-10-18(16)22-13-23(21-19(17)22)14-6-5-11-20-12-14/h1-12H,13H2. The van der Waals surface area contributed by atoms with Gasteiger partial charge in [0.25, 0.3) is 0 Å². The van der Waals surface area contributed by atoms with Gasteiger partial charge in [0.2, 0.25) is 0 Å². The zero-order valence-corrected chi connectivity index (χ0v) is 12.4. The van der Waals surface area contributed by atoms with Crippen LogP contribution in [0.1, 0.15) is 5.56 Å². The van der Waals surface area contributed by atoms with Gasteiger partial charge in [-0.3, -0.25) is 4.98 Å². The van der Waals surface area contributed by atoms with Crippen molar-refractivity contribution in [3.05, 3.63) is 78.6 Å². The van der Waals surface area contributed by atoms with Crippen LogP contribution in [0.5, 0.6) is 0 Å². The summed E-state index contributed by atoms with van der Waals surface area (Å²) in [5.41, 5.74) is 5.89. The molecule has 0 saturated heterocycles. The molecule has 0 unspecified atom stereocenters. The summed E-state index contributed by atoms with van der Waals surface area (Å²) < 4.78 is 0. The molecule has 0 saturated carbocycles. The van der Waals surface area contributed by atoms with Crippen LogP contribution in [0.25, 0.3) is 11.1 Å². The van der Waals surface area contributed by atoms with Crippen LogP contribution < -0.4 is 9.91 Å². The van der Waals surface area contributed by atoms with Crippen molar-refractivity contribution < 1.29 is 0 Å². The summed E-state index contributed by atoms with van der Waals surface area (Å²) in [6, 6.07) is 20.9. The van der Waals surface area contributed by atoms with Crippen LogP contribution in [0.15, 0.2) is 78.2 Å². The number of aromatic nitrogens is 1. The van der Waals surface area contributed by atoms with E-state index in [1.807, 2.05) is 23.3 Å². The lowest BCUT2D eigenvalue weighted by molar-refractivity contribution is 0.907. The highest BCUT2D eigenvalue weighted by molar-refractivity contribution is 6.20. The normalized spacial score (nSPS) is 14.9. The van der Waals surface area contributed by atoms with Gasteiger partial charge >= 0.3 is 0 Å². The second kappa shape index (κ2) is 4.68. The maximum Gasteiger partial charge on any atom is 0.163 e. The lowest BCUT2D eigenvalue weighted by Crippen LogP contribution is -2.34. The molecule has 0 N–H and O–H groups in total. The van der Waals surface area contributed by atoms with Crippen LogP contribution in [0.2, 0.25) is 0 Å². The minimum atomic E-state index is 0.701. The second-order valence-corrected chi connectivity index (χ2v) is 5.67. The SMILES string of the molecule is c1cncc(N2CN3C(=N2)c2ccccc2-c2ccccc23)c1. The van der Waals surface area contributed by atoms with E-state index in [0.717, 1.165) is 11.5 Å². The lowest BCUT2D eigenvalue weighted by Gasteiger charge is -2.29. The first kappa shape index (κ1) is 12.4. The Labute approximate surface area is 134 Å². The molecule has 0 bridgehead atoms. The Kier molecular flexibility index (Phi) is 2.52. The molecule has 0 spiro atoms. The monoisotopic (exact) mass is 298 g/mol. The molecule has 3 heterocycles. The fourth-order valence-electron chi connectivity index (χ4n) is 3.29. The lowest BCUT2D eigenvalue weighted by atomic mass is 9.93. The molecular formula is C19H14N4. The highest BCUT2D eigenvalue weighted by atomic mass is 15.6. The minimum absolute atomic E-state index is 0.701. The van der Waals surface area contributed by atoms with Gasteiger partial charge < -0.3 is 4.90 Å². The summed E-state index contributed by atoms with van der Waals surface area (Å²) in [6.07, 6.45) is 3.63. The summed E-state index contributed by atoms with van der Waals surface area (Å²) in [4.78, 5) is 6.47. The third kappa shape index (κ3) is 1.78. The molecule has 1 aromatic heterocycles. The fraction of sp³-hybridized carbons (Fsp3) is 0.0526. The Morgan fingerprint density at radius 3 is 2.39 bits per heavy atom. The van der Waals surface area contributed by atoms with Gasteiger partial charge in [0.05, 0.1) is 17.6 Å². The van der Waals surface area contributed by atoms with E-state index in [1.54, 1.807) is 6.20 Å². The zero-order chi connectivity index (χ0) is 15.2. The van der Waals surface area contributed by atoms with Crippen molar-refractivity contribution in [3.63, 3.8) is 0 Å². The Morgan fingerprint density at radius 1 is 0.783 bits per heavy atom. The largest absolute Gasteiger partial charge is 0.304 e. The van der Waals surface area contributed by atoms with E-state index in [-0.39, 0.29) is 0 Å². The molecule has 4 nitrogen and oxygen atoms in total. The maximum atomic E-state index is 4.86. The van der Waals surface area contributed by atoms with Crippen molar-refractivity contribution in [3.8, 4) is 11.1 Å². The summed E-state index contributed by atoms with van der Waals surface area (Å²) in [7, 11) is 0. The average Bonchev–Trinajstić information content (AvgIpc) is 3.09. The first-order valence-corrected chi connectivity index (χ1v) is 7.64. The summed E-state index contributed by atoms with van der Waals surface area (Å²) >= 11 is 0. The second-order valence-electron chi connectivity index (χ2n) is 5.67. The zero-order valence-electron chi connectivity index (χ0n) is 12.4. The number of fused-ring (bicyclic) bond motifs is 6. The molecule has 0 fully saturated rings. The third-order valence-electron chi connectivity index (χ3n) is 4.34. The molecule has 0 aliphatic carbocycles. The Morgan fingerprint density at radius 2 is 1.57 bits per heavy atom. The van der Waals surface area contributed by atoms with E-state index in [1.165, 1.54) is 22.4 Å². The van der Waals surface area contributed by atoms with Crippen molar-refractivity contribution >= 4 is 17.2 Å². The van der Waals surface area contributed by atoms with E-state index >= 15 is 0 Å². The number of amidine groups is 1. The van der Waals surface area contributed by atoms with Crippen molar-refractivity contribution in [2.24, 2.45) is 5.10 Å². The molecule has 2 aliphatic heterocycles. The predicted molar refractivity (Wildman–Crippen MR) is 92.5 cm³/mol. The molecule has 2 aliphatic rings. The number of para-hydroxylation sites is 1. The van der Waals surface area contributed by atoms with Crippen LogP contribution in [-0.4, -0.2) is 17.5 Å². The van der Waals surface area contributed by atoms with Crippen LogP contribution in [-0.2, 0) is 0 Å². The maximum absolute atomic E-state index is 4.86. The molecule has 3 aromatic rings. The number of anilines is 2. The van der Waals surface area contributed by atoms with Gasteiger partial charge in [0, 0.05) is 17.3 Å². The molecule has 0 radical (unpaired) electrons. The summed E-state index contributed by atoms with van der Waals surface area (Å²) in [5, 5.41) is 6.86. The number of hydrogen-bond acceptors (Lipinski definition) is 4. The third-order valence-corrected chi connectivity index (χ3v) is 4.34. The van der Waals surface area contributed by atoms with E-state index in [9.17, 15) is 0 Å². The van der Waals surface area contributed by atoms with Gasteiger partial charge in [-0.15, -0.1) is 0 Å². The number of rotatable bonds is 1. The van der Waals surface area contributed by atoms with Crippen LogP contribution in [0, 0.1) is 0 Å². The Bertz CT molecular complexity index is 917. The predicted octanol–water partition coefficient (Wildman–Crippen LogP) is 3.71. The van der Waals surface area contributed by atoms with Crippen LogP contribution in [0.3, 0.4) is 0 Å².